The predicted octanol–water partition coefficient (Wildman–Crippen LogP) is 2.81. The van der Waals surface area contributed by atoms with Crippen LogP contribution in [-0.2, 0) is 6.54 Å². The number of piperazine rings is 1. The van der Waals surface area contributed by atoms with Gasteiger partial charge in [0.15, 0.2) is 23.1 Å². The number of carbonyl (C=O) groups excluding carboxylic acids is 1. The molecule has 1 fully saturated rings. The number of nitrogens with zero attached hydrogens (tertiary/aromatic N) is 2. The monoisotopic (exact) mass is 388 g/mol. The van der Waals surface area contributed by atoms with Gasteiger partial charge in [-0.25, -0.2) is 4.39 Å². The van der Waals surface area contributed by atoms with Gasteiger partial charge in [-0.3, -0.25) is 9.69 Å². The molecule has 1 heterocycles. The van der Waals surface area contributed by atoms with Crippen molar-refractivity contribution in [1.29, 1.82) is 0 Å². The maximum Gasteiger partial charge on any atom is 0.254 e. The third-order valence-electron chi connectivity index (χ3n) is 4.91. The highest BCUT2D eigenvalue weighted by molar-refractivity contribution is 5.94. The molecule has 0 aromatic heterocycles. The smallest absolute Gasteiger partial charge is 0.254 e. The highest BCUT2D eigenvalue weighted by Crippen LogP contribution is 2.28. The van der Waals surface area contributed by atoms with E-state index in [0.29, 0.717) is 30.2 Å². The van der Waals surface area contributed by atoms with Crippen LogP contribution in [0, 0.1) is 5.82 Å². The van der Waals surface area contributed by atoms with Crippen molar-refractivity contribution < 1.29 is 23.4 Å². The average molecular weight is 388 g/mol. The van der Waals surface area contributed by atoms with Gasteiger partial charge in [-0.05, 0) is 35.9 Å². The van der Waals surface area contributed by atoms with Crippen LogP contribution in [0.25, 0.3) is 0 Å². The minimum atomic E-state index is -0.527. The lowest BCUT2D eigenvalue weighted by Crippen LogP contribution is -2.48. The van der Waals surface area contributed by atoms with E-state index in [1.54, 1.807) is 25.2 Å². The molecule has 1 saturated heterocycles. The first-order valence-electron chi connectivity index (χ1n) is 9.11. The first-order chi connectivity index (χ1) is 13.5. The summed E-state index contributed by atoms with van der Waals surface area (Å²) in [6.07, 6.45) is 0. The number of amides is 1. The maximum absolute atomic E-state index is 13.9. The molecule has 6 nitrogen and oxygen atoms in total. The molecule has 0 N–H and O–H groups in total. The van der Waals surface area contributed by atoms with Crippen LogP contribution in [0.2, 0.25) is 0 Å². The lowest BCUT2D eigenvalue weighted by molar-refractivity contribution is 0.0628. The van der Waals surface area contributed by atoms with E-state index >= 15 is 0 Å². The summed E-state index contributed by atoms with van der Waals surface area (Å²) in [6, 6.07) is 10.2. The average Bonchev–Trinajstić information content (AvgIpc) is 2.73. The molecule has 2 aromatic rings. The predicted molar refractivity (Wildman–Crippen MR) is 104 cm³/mol. The van der Waals surface area contributed by atoms with E-state index in [-0.39, 0.29) is 11.7 Å². The van der Waals surface area contributed by atoms with Crippen LogP contribution in [0.15, 0.2) is 36.4 Å². The van der Waals surface area contributed by atoms with Crippen molar-refractivity contribution in [2.75, 3.05) is 47.5 Å². The third-order valence-corrected chi connectivity index (χ3v) is 4.91. The molecular weight excluding hydrogens is 363 g/mol. The number of methoxy groups -OCH3 is 3. The molecule has 7 heteroatoms. The van der Waals surface area contributed by atoms with Crippen molar-refractivity contribution in [2.24, 2.45) is 0 Å². The van der Waals surface area contributed by atoms with Gasteiger partial charge in [0.25, 0.3) is 5.91 Å². The summed E-state index contributed by atoms with van der Waals surface area (Å²) in [5.74, 6) is 0.854. The van der Waals surface area contributed by atoms with Crippen LogP contribution in [0.3, 0.4) is 0 Å². The Bertz CT molecular complexity index is 835. The van der Waals surface area contributed by atoms with E-state index in [4.69, 9.17) is 14.2 Å². The Balaban J connectivity index is 1.58. The molecule has 0 aliphatic carbocycles. The molecule has 150 valence electrons. The van der Waals surface area contributed by atoms with E-state index in [0.717, 1.165) is 25.2 Å². The molecule has 0 spiro atoms. The molecule has 28 heavy (non-hydrogen) atoms. The lowest BCUT2D eigenvalue weighted by Gasteiger charge is -2.35. The van der Waals surface area contributed by atoms with Crippen molar-refractivity contribution in [3.05, 3.63) is 53.3 Å². The quantitative estimate of drug-likeness (QED) is 0.762. The Morgan fingerprint density at radius 1 is 0.893 bits per heavy atom. The van der Waals surface area contributed by atoms with Crippen molar-refractivity contribution in [2.45, 2.75) is 6.54 Å². The first-order valence-corrected chi connectivity index (χ1v) is 9.11. The zero-order valence-electron chi connectivity index (χ0n) is 16.4. The zero-order valence-corrected chi connectivity index (χ0v) is 16.4. The van der Waals surface area contributed by atoms with Crippen LogP contribution in [0.4, 0.5) is 4.39 Å². The van der Waals surface area contributed by atoms with Crippen LogP contribution < -0.4 is 14.2 Å². The highest BCUT2D eigenvalue weighted by Gasteiger charge is 2.23. The molecule has 0 bridgehead atoms. The van der Waals surface area contributed by atoms with E-state index < -0.39 is 5.82 Å². The molecule has 0 atom stereocenters. The SMILES string of the molecule is COc1ccc(C(=O)N2CCN(Cc3ccc(OC)c(OC)c3)CC2)cc1F. The second-order valence-electron chi connectivity index (χ2n) is 6.61. The Hall–Kier alpha value is -2.80. The van der Waals surface area contributed by atoms with Gasteiger partial charge in [-0.1, -0.05) is 6.07 Å². The second kappa shape index (κ2) is 8.93. The summed E-state index contributed by atoms with van der Waals surface area (Å²) < 4.78 is 29.4. The molecule has 0 unspecified atom stereocenters. The van der Waals surface area contributed by atoms with Crippen LogP contribution in [-0.4, -0.2) is 63.2 Å². The number of carbonyl (C=O) groups is 1. The number of hydrogen-bond donors (Lipinski definition) is 0. The number of hydrogen-bond acceptors (Lipinski definition) is 5. The Morgan fingerprint density at radius 3 is 2.14 bits per heavy atom. The van der Waals surface area contributed by atoms with Crippen LogP contribution in [0.5, 0.6) is 17.2 Å². The normalized spacial score (nSPS) is 14.6. The van der Waals surface area contributed by atoms with E-state index in [9.17, 15) is 9.18 Å². The van der Waals surface area contributed by atoms with Crippen LogP contribution in [0.1, 0.15) is 15.9 Å². The number of ether oxygens (including phenoxy) is 3. The van der Waals surface area contributed by atoms with Gasteiger partial charge in [0, 0.05) is 38.3 Å². The molecule has 2 aromatic carbocycles. The van der Waals surface area contributed by atoms with E-state index in [2.05, 4.69) is 4.90 Å². The summed E-state index contributed by atoms with van der Waals surface area (Å²) in [5.41, 5.74) is 1.46. The fraction of sp³-hybridized carbons (Fsp3) is 0.381. The fourth-order valence-electron chi connectivity index (χ4n) is 3.33. The van der Waals surface area contributed by atoms with Crippen molar-refractivity contribution in [1.82, 2.24) is 9.80 Å². The summed E-state index contributed by atoms with van der Waals surface area (Å²) in [7, 11) is 4.63. The summed E-state index contributed by atoms with van der Waals surface area (Å²) >= 11 is 0. The summed E-state index contributed by atoms with van der Waals surface area (Å²) in [6.45, 7) is 3.45. The van der Waals surface area contributed by atoms with Crippen LogP contribution >= 0.6 is 0 Å². The number of halogens is 1. The molecule has 1 aliphatic heterocycles. The molecule has 0 radical (unpaired) electrons. The van der Waals surface area contributed by atoms with Gasteiger partial charge in [0.1, 0.15) is 0 Å². The third kappa shape index (κ3) is 4.36. The van der Waals surface area contributed by atoms with Crippen molar-refractivity contribution >= 4 is 5.91 Å². The van der Waals surface area contributed by atoms with Gasteiger partial charge >= 0.3 is 0 Å². The van der Waals surface area contributed by atoms with Crippen molar-refractivity contribution in [3.8, 4) is 17.2 Å². The van der Waals surface area contributed by atoms with E-state index in [1.165, 1.54) is 19.2 Å². The minimum absolute atomic E-state index is 0.135. The van der Waals surface area contributed by atoms with Gasteiger partial charge < -0.3 is 19.1 Å². The standard InChI is InChI=1S/C21H25FN2O4/c1-26-18-7-5-16(13-17(18)22)21(25)24-10-8-23(9-11-24)14-15-4-6-19(27-2)20(12-15)28-3/h4-7,12-13H,8-11,14H2,1-3H3. The van der Waals surface area contributed by atoms with Gasteiger partial charge in [-0.2, -0.15) is 0 Å². The van der Waals surface area contributed by atoms with Gasteiger partial charge in [0.2, 0.25) is 0 Å². The minimum Gasteiger partial charge on any atom is -0.494 e. The number of rotatable bonds is 6. The second-order valence-corrected chi connectivity index (χ2v) is 6.61. The molecular formula is C21H25FN2O4. The largest absolute Gasteiger partial charge is 0.494 e. The fourth-order valence-corrected chi connectivity index (χ4v) is 3.33. The van der Waals surface area contributed by atoms with E-state index in [1.807, 2.05) is 18.2 Å². The molecule has 0 saturated carbocycles. The molecule has 1 amide bonds. The highest BCUT2D eigenvalue weighted by atomic mass is 19.1. The Kier molecular flexibility index (Phi) is 6.36. The number of benzene rings is 2. The van der Waals surface area contributed by atoms with Gasteiger partial charge in [-0.15, -0.1) is 0 Å². The molecule has 3 rings (SSSR count). The Morgan fingerprint density at radius 2 is 1.54 bits per heavy atom. The maximum atomic E-state index is 13.9. The van der Waals surface area contributed by atoms with Crippen molar-refractivity contribution in [3.63, 3.8) is 0 Å². The van der Waals surface area contributed by atoms with Gasteiger partial charge in [0.05, 0.1) is 21.3 Å². The zero-order chi connectivity index (χ0) is 20.1. The summed E-state index contributed by atoms with van der Waals surface area (Å²) in [5, 5.41) is 0. The summed E-state index contributed by atoms with van der Waals surface area (Å²) in [4.78, 5) is 16.7. The topological polar surface area (TPSA) is 51.2 Å². The lowest BCUT2D eigenvalue weighted by atomic mass is 10.1. The molecule has 1 aliphatic rings. The first kappa shape index (κ1) is 19.9. The Labute approximate surface area is 164 Å².